The van der Waals surface area contributed by atoms with Gasteiger partial charge in [0.15, 0.2) is 0 Å². The lowest BCUT2D eigenvalue weighted by molar-refractivity contribution is -0.275. The second-order valence-corrected chi connectivity index (χ2v) is 7.07. The zero-order valence-electron chi connectivity index (χ0n) is 12.7. The lowest BCUT2D eigenvalue weighted by Gasteiger charge is -2.43. The van der Waals surface area contributed by atoms with Gasteiger partial charge in [-0.3, -0.25) is 4.90 Å². The van der Waals surface area contributed by atoms with Crippen LogP contribution in [-0.4, -0.2) is 37.4 Å². The molecule has 7 heteroatoms. The molecule has 2 fully saturated rings. The van der Waals surface area contributed by atoms with Crippen LogP contribution in [0.5, 0.6) is 5.75 Å². The minimum absolute atomic E-state index is 0.0132. The first kappa shape index (κ1) is 17.0. The molecule has 1 N–H and O–H groups in total. The number of alkyl halides is 3. The standard InChI is InChI=1S/C16H20BrF3N2O/c17-12-4-5-14(23-16(18,19)20)13(10-12)15(11-2-1-3-11)22-8-6-21-7-9-22/h4-5,10-11,15,21H,1-3,6-9H2/t15-/m0/s1. The first-order chi connectivity index (χ1) is 10.9. The maximum absolute atomic E-state index is 12.8. The molecule has 3 rings (SSSR count). The van der Waals surface area contributed by atoms with E-state index < -0.39 is 6.36 Å². The van der Waals surface area contributed by atoms with Crippen LogP contribution in [0, 0.1) is 5.92 Å². The minimum atomic E-state index is -4.67. The average molecular weight is 393 g/mol. The summed E-state index contributed by atoms with van der Waals surface area (Å²) in [5.74, 6) is 0.328. The van der Waals surface area contributed by atoms with Crippen molar-refractivity contribution in [3.63, 3.8) is 0 Å². The molecule has 128 valence electrons. The topological polar surface area (TPSA) is 24.5 Å². The summed E-state index contributed by atoms with van der Waals surface area (Å²) in [6.45, 7) is 3.43. The van der Waals surface area contributed by atoms with Gasteiger partial charge in [0.1, 0.15) is 5.75 Å². The van der Waals surface area contributed by atoms with Gasteiger partial charge >= 0.3 is 6.36 Å². The Labute approximate surface area is 142 Å². The summed E-state index contributed by atoms with van der Waals surface area (Å²) in [4.78, 5) is 2.30. The summed E-state index contributed by atoms with van der Waals surface area (Å²) >= 11 is 3.39. The first-order valence-electron chi connectivity index (χ1n) is 7.94. The number of benzene rings is 1. The molecule has 1 aromatic rings. The lowest BCUT2D eigenvalue weighted by Crippen LogP contribution is -2.48. The Kier molecular flexibility index (Phi) is 5.18. The van der Waals surface area contributed by atoms with Gasteiger partial charge in [0.2, 0.25) is 0 Å². The maximum Gasteiger partial charge on any atom is 0.573 e. The Balaban J connectivity index is 1.95. The molecule has 0 amide bonds. The van der Waals surface area contributed by atoms with Crippen molar-refractivity contribution in [2.45, 2.75) is 31.7 Å². The molecule has 0 unspecified atom stereocenters. The molecule has 1 aromatic carbocycles. The van der Waals surface area contributed by atoms with Crippen LogP contribution in [0.3, 0.4) is 0 Å². The third-order valence-electron chi connectivity index (χ3n) is 4.66. The van der Waals surface area contributed by atoms with Crippen molar-refractivity contribution in [3.05, 3.63) is 28.2 Å². The Morgan fingerprint density at radius 1 is 1.22 bits per heavy atom. The van der Waals surface area contributed by atoms with Gasteiger partial charge in [0.05, 0.1) is 0 Å². The van der Waals surface area contributed by atoms with Crippen LogP contribution in [-0.2, 0) is 0 Å². The predicted octanol–water partition coefficient (Wildman–Crippen LogP) is 4.09. The SMILES string of the molecule is FC(F)(F)Oc1ccc(Br)cc1[C@H](C1CCC1)N1CCNCC1. The van der Waals surface area contributed by atoms with Crippen LogP contribution in [0.25, 0.3) is 0 Å². The number of ether oxygens (including phenoxy) is 1. The van der Waals surface area contributed by atoms with Crippen LogP contribution in [0.4, 0.5) is 13.2 Å². The van der Waals surface area contributed by atoms with E-state index in [1.54, 1.807) is 12.1 Å². The molecule has 1 aliphatic heterocycles. The third-order valence-corrected chi connectivity index (χ3v) is 5.15. The molecular formula is C16H20BrF3N2O. The fourth-order valence-corrected chi connectivity index (χ4v) is 3.81. The van der Waals surface area contributed by atoms with Crippen molar-refractivity contribution < 1.29 is 17.9 Å². The van der Waals surface area contributed by atoms with Crippen molar-refractivity contribution in [1.82, 2.24) is 10.2 Å². The number of rotatable bonds is 4. The Morgan fingerprint density at radius 2 is 1.91 bits per heavy atom. The van der Waals surface area contributed by atoms with Crippen molar-refractivity contribution in [2.75, 3.05) is 26.2 Å². The van der Waals surface area contributed by atoms with Gasteiger partial charge in [-0.1, -0.05) is 22.4 Å². The highest BCUT2D eigenvalue weighted by Gasteiger charge is 2.38. The summed E-state index contributed by atoms with van der Waals surface area (Å²) in [6.07, 6.45) is -1.40. The van der Waals surface area contributed by atoms with Crippen LogP contribution in [0.15, 0.2) is 22.7 Å². The normalized spacial score (nSPS) is 21.7. The van der Waals surface area contributed by atoms with E-state index in [4.69, 9.17) is 0 Å². The van der Waals surface area contributed by atoms with Gasteiger partial charge in [0.25, 0.3) is 0 Å². The van der Waals surface area contributed by atoms with E-state index in [1.165, 1.54) is 6.07 Å². The highest BCUT2D eigenvalue weighted by Crippen LogP contribution is 2.45. The van der Waals surface area contributed by atoms with Crippen molar-refractivity contribution in [2.24, 2.45) is 5.92 Å². The Bertz CT molecular complexity index is 543. The summed E-state index contributed by atoms with van der Waals surface area (Å²) in [7, 11) is 0. The fraction of sp³-hybridized carbons (Fsp3) is 0.625. The predicted molar refractivity (Wildman–Crippen MR) is 85.3 cm³/mol. The summed E-state index contributed by atoms with van der Waals surface area (Å²) in [6, 6.07) is 4.79. The summed E-state index contributed by atoms with van der Waals surface area (Å²) in [5, 5.41) is 3.30. The molecular weight excluding hydrogens is 373 g/mol. The van der Waals surface area contributed by atoms with Gasteiger partial charge in [-0.2, -0.15) is 0 Å². The largest absolute Gasteiger partial charge is 0.573 e. The van der Waals surface area contributed by atoms with Crippen LogP contribution in [0.2, 0.25) is 0 Å². The highest BCUT2D eigenvalue weighted by atomic mass is 79.9. The second kappa shape index (κ2) is 6.99. The zero-order chi connectivity index (χ0) is 16.4. The van der Waals surface area contributed by atoms with Gasteiger partial charge in [-0.15, -0.1) is 13.2 Å². The quantitative estimate of drug-likeness (QED) is 0.834. The average Bonchev–Trinajstić information content (AvgIpc) is 2.44. The van der Waals surface area contributed by atoms with E-state index in [2.05, 4.69) is 30.9 Å². The van der Waals surface area contributed by atoms with E-state index in [9.17, 15) is 13.2 Å². The summed E-state index contributed by atoms with van der Waals surface area (Å²) < 4.78 is 43.4. The molecule has 1 saturated heterocycles. The molecule has 1 atom stereocenters. The molecule has 23 heavy (non-hydrogen) atoms. The molecule has 3 nitrogen and oxygen atoms in total. The Morgan fingerprint density at radius 3 is 2.48 bits per heavy atom. The molecule has 2 aliphatic rings. The minimum Gasteiger partial charge on any atom is -0.405 e. The van der Waals surface area contributed by atoms with Crippen LogP contribution < -0.4 is 10.1 Å². The molecule has 0 spiro atoms. The molecule has 0 bridgehead atoms. The van der Waals surface area contributed by atoms with E-state index in [0.717, 1.165) is 49.9 Å². The molecule has 1 aliphatic carbocycles. The molecule has 1 saturated carbocycles. The van der Waals surface area contributed by atoms with Crippen LogP contribution in [0.1, 0.15) is 30.9 Å². The maximum atomic E-state index is 12.8. The van der Waals surface area contributed by atoms with E-state index in [-0.39, 0.29) is 11.8 Å². The lowest BCUT2D eigenvalue weighted by atomic mass is 9.76. The molecule has 0 radical (unpaired) electrons. The van der Waals surface area contributed by atoms with Gasteiger partial charge < -0.3 is 10.1 Å². The monoisotopic (exact) mass is 392 g/mol. The fourth-order valence-electron chi connectivity index (χ4n) is 3.43. The second-order valence-electron chi connectivity index (χ2n) is 6.15. The van der Waals surface area contributed by atoms with Crippen molar-refractivity contribution >= 4 is 15.9 Å². The van der Waals surface area contributed by atoms with E-state index in [1.807, 2.05) is 0 Å². The number of nitrogens with zero attached hydrogens (tertiary/aromatic N) is 1. The first-order valence-corrected chi connectivity index (χ1v) is 8.73. The van der Waals surface area contributed by atoms with Crippen LogP contribution >= 0.6 is 15.9 Å². The van der Waals surface area contributed by atoms with E-state index >= 15 is 0 Å². The number of hydrogen-bond donors (Lipinski definition) is 1. The van der Waals surface area contributed by atoms with Gasteiger partial charge in [0, 0.05) is 42.3 Å². The number of nitrogens with one attached hydrogen (secondary N) is 1. The molecule has 1 heterocycles. The third kappa shape index (κ3) is 4.19. The molecule has 0 aromatic heterocycles. The Hall–Kier alpha value is -0.790. The van der Waals surface area contributed by atoms with Gasteiger partial charge in [-0.25, -0.2) is 0 Å². The number of piperazine rings is 1. The van der Waals surface area contributed by atoms with Crippen molar-refractivity contribution in [1.29, 1.82) is 0 Å². The number of hydrogen-bond acceptors (Lipinski definition) is 3. The number of halogens is 4. The smallest absolute Gasteiger partial charge is 0.405 e. The zero-order valence-corrected chi connectivity index (χ0v) is 14.3. The highest BCUT2D eigenvalue weighted by molar-refractivity contribution is 9.10. The van der Waals surface area contributed by atoms with Crippen molar-refractivity contribution in [3.8, 4) is 5.75 Å². The van der Waals surface area contributed by atoms with Gasteiger partial charge in [-0.05, 0) is 37.0 Å². The summed E-state index contributed by atoms with van der Waals surface area (Å²) in [5.41, 5.74) is 0.642. The van der Waals surface area contributed by atoms with E-state index in [0.29, 0.717) is 11.5 Å².